The van der Waals surface area contributed by atoms with Crippen LogP contribution in [0.3, 0.4) is 0 Å². The van der Waals surface area contributed by atoms with Crippen LogP contribution in [0.1, 0.15) is 22.6 Å². The number of fused-ring (bicyclic) bond motifs is 7. The van der Waals surface area contributed by atoms with Crippen LogP contribution in [0.2, 0.25) is 5.15 Å². The number of aryl methyl sites for hydroxylation is 1. The second-order valence-corrected chi connectivity index (χ2v) is 7.51. The van der Waals surface area contributed by atoms with Gasteiger partial charge < -0.3 is 10.5 Å². The van der Waals surface area contributed by atoms with Gasteiger partial charge in [-0.3, -0.25) is 4.68 Å². The fraction of sp³-hybridized carbons (Fsp3) is 0.143. The van der Waals surface area contributed by atoms with E-state index in [2.05, 4.69) is 21.3 Å². The number of halogens is 2. The summed E-state index contributed by atoms with van der Waals surface area (Å²) in [5, 5.41) is 18.7. The van der Waals surface area contributed by atoms with Crippen LogP contribution in [-0.4, -0.2) is 24.5 Å². The van der Waals surface area contributed by atoms with E-state index in [9.17, 15) is 9.65 Å². The van der Waals surface area contributed by atoms with Crippen molar-refractivity contribution in [3.63, 3.8) is 0 Å². The predicted octanol–water partition coefficient (Wildman–Crippen LogP) is 3.40. The molecule has 8 nitrogen and oxygen atoms in total. The fourth-order valence-electron chi connectivity index (χ4n) is 3.78. The Bertz CT molecular complexity index is 1390. The van der Waals surface area contributed by atoms with Crippen molar-refractivity contribution in [3.8, 4) is 28.6 Å². The van der Waals surface area contributed by atoms with Crippen LogP contribution in [0, 0.1) is 17.1 Å². The number of pyridine rings is 1. The van der Waals surface area contributed by atoms with E-state index in [1.807, 2.05) is 0 Å². The molecule has 1 aliphatic heterocycles. The molecule has 0 unspecified atom stereocenters. The van der Waals surface area contributed by atoms with Gasteiger partial charge in [-0.1, -0.05) is 11.6 Å². The highest BCUT2D eigenvalue weighted by molar-refractivity contribution is 6.29. The van der Waals surface area contributed by atoms with Crippen LogP contribution in [0.5, 0.6) is 5.75 Å². The smallest absolute Gasteiger partial charge is 0.170 e. The first-order chi connectivity index (χ1) is 14.9. The Morgan fingerprint density at radius 3 is 2.90 bits per heavy atom. The normalized spacial score (nSPS) is 12.5. The van der Waals surface area contributed by atoms with Crippen LogP contribution < -0.4 is 10.5 Å². The number of hydrogen-bond donors (Lipinski definition) is 1. The molecule has 5 rings (SSSR count). The molecule has 0 radical (unpaired) electrons. The summed E-state index contributed by atoms with van der Waals surface area (Å²) < 4.78 is 23.2. The van der Waals surface area contributed by atoms with E-state index in [1.54, 1.807) is 40.8 Å². The zero-order valence-corrected chi connectivity index (χ0v) is 17.1. The van der Waals surface area contributed by atoms with Gasteiger partial charge in [0.15, 0.2) is 22.4 Å². The number of nitrogen functional groups attached to an aromatic ring is 1. The Labute approximate surface area is 181 Å². The molecule has 0 saturated heterocycles. The Morgan fingerprint density at radius 2 is 2.10 bits per heavy atom. The van der Waals surface area contributed by atoms with Crippen molar-refractivity contribution in [1.82, 2.24) is 24.5 Å². The van der Waals surface area contributed by atoms with Gasteiger partial charge in [0, 0.05) is 36.4 Å². The lowest BCUT2D eigenvalue weighted by Gasteiger charge is -2.17. The Balaban J connectivity index is 1.82. The van der Waals surface area contributed by atoms with Crippen LogP contribution in [0.15, 0.2) is 36.5 Å². The fourth-order valence-corrected chi connectivity index (χ4v) is 3.98. The van der Waals surface area contributed by atoms with Gasteiger partial charge in [-0.25, -0.2) is 14.1 Å². The molecule has 0 spiro atoms. The minimum absolute atomic E-state index is 0.0321. The van der Waals surface area contributed by atoms with Crippen molar-refractivity contribution < 1.29 is 9.13 Å². The summed E-state index contributed by atoms with van der Waals surface area (Å²) in [5.74, 6) is 0.109. The molecule has 154 valence electrons. The number of nitrogens with two attached hydrogens (primary N) is 1. The van der Waals surface area contributed by atoms with E-state index >= 15 is 0 Å². The molecule has 1 aromatic carbocycles. The molecule has 0 fully saturated rings. The first-order valence-corrected chi connectivity index (χ1v) is 9.70. The molecule has 3 aromatic heterocycles. The van der Waals surface area contributed by atoms with Crippen molar-refractivity contribution in [2.75, 3.05) is 5.73 Å². The number of ether oxygens (including phenoxy) is 1. The summed E-state index contributed by atoms with van der Waals surface area (Å²) in [5.41, 5.74) is 10.2. The molecule has 2 N–H and O–H groups in total. The van der Waals surface area contributed by atoms with Gasteiger partial charge in [0.1, 0.15) is 18.5 Å². The molecule has 4 heterocycles. The molecule has 2 bridgehead atoms. The summed E-state index contributed by atoms with van der Waals surface area (Å²) >= 11 is 6.24. The number of nitriles is 1. The van der Waals surface area contributed by atoms with Gasteiger partial charge in [0.05, 0.1) is 17.1 Å². The first kappa shape index (κ1) is 19.1. The number of aromatic nitrogens is 5. The lowest BCUT2D eigenvalue weighted by molar-refractivity contribution is 0.306. The van der Waals surface area contributed by atoms with Crippen molar-refractivity contribution in [2.45, 2.75) is 13.0 Å². The number of hydrogen-bond acceptors (Lipinski definition) is 6. The predicted molar refractivity (Wildman–Crippen MR) is 111 cm³/mol. The molecule has 4 aromatic rings. The van der Waals surface area contributed by atoms with E-state index in [0.717, 1.165) is 11.4 Å². The molecule has 10 heteroatoms. The number of rotatable bonds is 0. The Kier molecular flexibility index (Phi) is 4.38. The maximum atomic E-state index is 14.0. The van der Waals surface area contributed by atoms with E-state index < -0.39 is 5.82 Å². The third kappa shape index (κ3) is 3.17. The Hall–Kier alpha value is -3.90. The minimum Gasteiger partial charge on any atom is -0.485 e. The van der Waals surface area contributed by atoms with E-state index in [-0.39, 0.29) is 23.3 Å². The minimum atomic E-state index is -0.401. The average molecular weight is 436 g/mol. The summed E-state index contributed by atoms with van der Waals surface area (Å²) in [7, 11) is 1.76. The van der Waals surface area contributed by atoms with Crippen molar-refractivity contribution in [2.24, 2.45) is 7.05 Å². The lowest BCUT2D eigenvalue weighted by atomic mass is 10.0. The molecule has 0 aliphatic carbocycles. The molecule has 1 aliphatic rings. The largest absolute Gasteiger partial charge is 0.485 e. The third-order valence-electron chi connectivity index (χ3n) is 5.20. The third-order valence-corrected chi connectivity index (χ3v) is 5.38. The molecular formula is C21H15ClFN7O. The first-order valence-electron chi connectivity index (χ1n) is 9.32. The molecule has 0 saturated carbocycles. The van der Waals surface area contributed by atoms with Gasteiger partial charge in [-0.2, -0.15) is 15.5 Å². The summed E-state index contributed by atoms with van der Waals surface area (Å²) in [6, 6.07) is 9.95. The average Bonchev–Trinajstić information content (AvgIpc) is 3.26. The maximum Gasteiger partial charge on any atom is 0.170 e. The van der Waals surface area contributed by atoms with Gasteiger partial charge in [-0.05, 0) is 30.3 Å². The quantitative estimate of drug-likeness (QED) is 0.453. The second-order valence-electron chi connectivity index (χ2n) is 7.12. The van der Waals surface area contributed by atoms with Gasteiger partial charge >= 0.3 is 0 Å². The van der Waals surface area contributed by atoms with Crippen LogP contribution >= 0.6 is 11.6 Å². The monoisotopic (exact) mass is 435 g/mol. The zero-order valence-electron chi connectivity index (χ0n) is 16.3. The topological polar surface area (TPSA) is 108 Å². The van der Waals surface area contributed by atoms with Gasteiger partial charge in [-0.15, -0.1) is 0 Å². The van der Waals surface area contributed by atoms with Crippen molar-refractivity contribution in [3.05, 3.63) is 70.1 Å². The summed E-state index contributed by atoms with van der Waals surface area (Å²) in [6.45, 7) is 0.0321. The zero-order chi connectivity index (χ0) is 21.7. The SMILES string of the molecule is Cn1nc(C#N)c2c1Cc1cc(Cl)nn1-c1ccc(F)cc1COc1cc-2cnc1N. The van der Waals surface area contributed by atoms with Gasteiger partial charge in [0.25, 0.3) is 0 Å². The highest BCUT2D eigenvalue weighted by Crippen LogP contribution is 2.34. The van der Waals surface area contributed by atoms with Crippen LogP contribution in [0.25, 0.3) is 16.8 Å². The number of anilines is 1. The van der Waals surface area contributed by atoms with Crippen molar-refractivity contribution >= 4 is 17.4 Å². The van der Waals surface area contributed by atoms with Crippen LogP contribution in [0.4, 0.5) is 10.2 Å². The highest BCUT2D eigenvalue weighted by atomic mass is 35.5. The van der Waals surface area contributed by atoms with E-state index in [1.165, 1.54) is 12.1 Å². The number of benzene rings is 1. The van der Waals surface area contributed by atoms with Crippen molar-refractivity contribution in [1.29, 1.82) is 5.26 Å². The lowest BCUT2D eigenvalue weighted by Crippen LogP contribution is -2.11. The molecular weight excluding hydrogens is 421 g/mol. The highest BCUT2D eigenvalue weighted by Gasteiger charge is 2.23. The number of nitrogens with zero attached hydrogens (tertiary/aromatic N) is 6. The summed E-state index contributed by atoms with van der Waals surface area (Å²) in [6.07, 6.45) is 1.95. The standard InChI is InChI=1S/C21H15ClFN7O/c1-29-17-6-14-7-19(22)28-30(14)16-3-2-13(23)4-12(16)10-31-18-5-11(9-26-21(18)25)20(17)15(8-24)27-29/h2-5,7,9H,6,10H2,1H3,(H2,25,26). The second kappa shape index (κ2) is 7.11. The van der Waals surface area contributed by atoms with E-state index in [4.69, 9.17) is 22.1 Å². The maximum absolute atomic E-state index is 14.0. The van der Waals surface area contributed by atoms with Gasteiger partial charge in [0.2, 0.25) is 0 Å². The molecule has 0 atom stereocenters. The molecule has 0 amide bonds. The van der Waals surface area contributed by atoms with E-state index in [0.29, 0.717) is 34.5 Å². The summed E-state index contributed by atoms with van der Waals surface area (Å²) in [4.78, 5) is 4.23. The molecule has 31 heavy (non-hydrogen) atoms. The van der Waals surface area contributed by atoms with Crippen LogP contribution in [-0.2, 0) is 20.1 Å². The Morgan fingerprint density at radius 1 is 1.26 bits per heavy atom.